The smallest absolute Gasteiger partial charge is 0.146 e. The van der Waals surface area contributed by atoms with Gasteiger partial charge in [0.2, 0.25) is 0 Å². The Hall–Kier alpha value is -1.09. The summed E-state index contributed by atoms with van der Waals surface area (Å²) in [7, 11) is 0. The van der Waals surface area contributed by atoms with Gasteiger partial charge in [-0.05, 0) is 51.3 Å². The lowest BCUT2D eigenvalue weighted by atomic mass is 10.1. The van der Waals surface area contributed by atoms with Gasteiger partial charge in [0.05, 0.1) is 5.69 Å². The first-order valence-electron chi connectivity index (χ1n) is 7.65. The van der Waals surface area contributed by atoms with Crippen molar-refractivity contribution in [2.75, 3.05) is 18.0 Å². The largest absolute Gasteiger partial charge is 0.369 e. The van der Waals surface area contributed by atoms with Crippen LogP contribution in [0.25, 0.3) is 0 Å². The molecule has 0 aliphatic rings. The molecule has 1 aromatic carbocycles. The van der Waals surface area contributed by atoms with Gasteiger partial charge in [-0.3, -0.25) is 0 Å². The van der Waals surface area contributed by atoms with Crippen LogP contribution < -0.4 is 10.2 Å². The van der Waals surface area contributed by atoms with Gasteiger partial charge in [-0.2, -0.15) is 0 Å². The second-order valence-electron chi connectivity index (χ2n) is 6.38. The highest BCUT2D eigenvalue weighted by molar-refractivity contribution is 5.49. The maximum atomic E-state index is 14.3. The predicted octanol–water partition coefficient (Wildman–Crippen LogP) is 4.34. The zero-order valence-corrected chi connectivity index (χ0v) is 13.6. The first kappa shape index (κ1) is 17.0. The van der Waals surface area contributed by atoms with E-state index < -0.39 is 0 Å². The molecule has 0 fully saturated rings. The predicted molar refractivity (Wildman–Crippen MR) is 85.8 cm³/mol. The van der Waals surface area contributed by atoms with Gasteiger partial charge in [0.1, 0.15) is 5.82 Å². The molecule has 114 valence electrons. The molecule has 0 saturated carbocycles. The first-order valence-corrected chi connectivity index (χ1v) is 7.65. The van der Waals surface area contributed by atoms with Crippen molar-refractivity contribution in [1.29, 1.82) is 0 Å². The molecule has 1 aromatic rings. The minimum Gasteiger partial charge on any atom is -0.369 e. The van der Waals surface area contributed by atoms with Gasteiger partial charge in [0, 0.05) is 25.2 Å². The number of hydrogen-bond acceptors (Lipinski definition) is 2. The van der Waals surface area contributed by atoms with Crippen LogP contribution in [0.3, 0.4) is 0 Å². The zero-order chi connectivity index (χ0) is 15.2. The molecule has 0 radical (unpaired) electrons. The number of benzene rings is 1. The summed E-state index contributed by atoms with van der Waals surface area (Å²) < 4.78 is 14.3. The fraction of sp³-hybridized carbons (Fsp3) is 0.647. The Labute approximate surface area is 123 Å². The summed E-state index contributed by atoms with van der Waals surface area (Å²) in [6.07, 6.45) is 2.07. The van der Waals surface area contributed by atoms with Gasteiger partial charge in [-0.25, -0.2) is 4.39 Å². The Morgan fingerprint density at radius 3 is 2.15 bits per heavy atom. The highest BCUT2D eigenvalue weighted by atomic mass is 19.1. The number of anilines is 1. The lowest BCUT2D eigenvalue weighted by molar-refractivity contribution is 0.423. The molecular formula is C17H29FN2. The standard InChI is InChI=1S/C17H29FN2/c1-6-10-20(11-7-2)16-9-8-14(12-15(16)18)13-19-17(3,4)5/h8-9,12,19H,6-7,10-11,13H2,1-5H3. The van der Waals surface area contributed by atoms with Crippen molar-refractivity contribution in [3.8, 4) is 0 Å². The van der Waals surface area contributed by atoms with Gasteiger partial charge in [-0.15, -0.1) is 0 Å². The van der Waals surface area contributed by atoms with Crippen molar-refractivity contribution in [1.82, 2.24) is 5.32 Å². The van der Waals surface area contributed by atoms with Crippen molar-refractivity contribution >= 4 is 5.69 Å². The summed E-state index contributed by atoms with van der Waals surface area (Å²) in [4.78, 5) is 2.14. The fourth-order valence-corrected chi connectivity index (χ4v) is 2.18. The highest BCUT2D eigenvalue weighted by Gasteiger charge is 2.12. The molecule has 2 nitrogen and oxygen atoms in total. The lowest BCUT2D eigenvalue weighted by Gasteiger charge is -2.25. The summed E-state index contributed by atoms with van der Waals surface area (Å²) >= 11 is 0. The van der Waals surface area contributed by atoms with Gasteiger partial charge < -0.3 is 10.2 Å². The normalized spacial score (nSPS) is 11.7. The van der Waals surface area contributed by atoms with E-state index in [9.17, 15) is 4.39 Å². The molecule has 3 heteroatoms. The summed E-state index contributed by atoms with van der Waals surface area (Å²) in [6, 6.07) is 5.60. The monoisotopic (exact) mass is 280 g/mol. The van der Waals surface area contributed by atoms with Gasteiger partial charge in [0.25, 0.3) is 0 Å². The summed E-state index contributed by atoms with van der Waals surface area (Å²) in [6.45, 7) is 13.1. The molecular weight excluding hydrogens is 251 g/mol. The quantitative estimate of drug-likeness (QED) is 0.799. The lowest BCUT2D eigenvalue weighted by Crippen LogP contribution is -2.35. The van der Waals surface area contributed by atoms with E-state index in [1.165, 1.54) is 0 Å². The third kappa shape index (κ3) is 5.49. The summed E-state index contributed by atoms with van der Waals surface area (Å²) in [5.41, 5.74) is 1.77. The van der Waals surface area contributed by atoms with Crippen molar-refractivity contribution in [3.05, 3.63) is 29.6 Å². The Balaban J connectivity index is 2.80. The molecule has 0 unspecified atom stereocenters. The van der Waals surface area contributed by atoms with E-state index in [0.717, 1.165) is 37.2 Å². The van der Waals surface area contributed by atoms with Crippen molar-refractivity contribution in [2.24, 2.45) is 0 Å². The van der Waals surface area contributed by atoms with Gasteiger partial charge in [-0.1, -0.05) is 19.9 Å². The average Bonchev–Trinajstić information content (AvgIpc) is 2.35. The molecule has 0 bridgehead atoms. The van der Waals surface area contributed by atoms with Crippen LogP contribution >= 0.6 is 0 Å². The number of hydrogen-bond donors (Lipinski definition) is 1. The van der Waals surface area contributed by atoms with Crippen LogP contribution in [0.15, 0.2) is 18.2 Å². The maximum absolute atomic E-state index is 14.3. The van der Waals surface area contributed by atoms with Crippen molar-refractivity contribution in [2.45, 2.75) is 59.5 Å². The van der Waals surface area contributed by atoms with Crippen LogP contribution in [0.5, 0.6) is 0 Å². The van der Waals surface area contributed by atoms with E-state index in [2.05, 4.69) is 44.8 Å². The van der Waals surface area contributed by atoms with Crippen LogP contribution in [0.2, 0.25) is 0 Å². The fourth-order valence-electron chi connectivity index (χ4n) is 2.18. The minimum atomic E-state index is -0.111. The molecule has 0 atom stereocenters. The van der Waals surface area contributed by atoms with Gasteiger partial charge in [0.15, 0.2) is 0 Å². The number of nitrogens with zero attached hydrogens (tertiary/aromatic N) is 1. The van der Waals surface area contributed by atoms with E-state index in [1.807, 2.05) is 12.1 Å². The molecule has 0 aliphatic heterocycles. The van der Waals surface area contributed by atoms with Crippen molar-refractivity contribution in [3.63, 3.8) is 0 Å². The third-order valence-corrected chi connectivity index (χ3v) is 3.16. The molecule has 0 heterocycles. The average molecular weight is 280 g/mol. The molecule has 1 rings (SSSR count). The third-order valence-electron chi connectivity index (χ3n) is 3.16. The number of rotatable bonds is 7. The van der Waals surface area contributed by atoms with Crippen LogP contribution in [-0.4, -0.2) is 18.6 Å². The molecule has 0 amide bonds. The highest BCUT2D eigenvalue weighted by Crippen LogP contribution is 2.21. The van der Waals surface area contributed by atoms with Crippen molar-refractivity contribution < 1.29 is 4.39 Å². The molecule has 0 aromatic heterocycles. The van der Waals surface area contributed by atoms with E-state index in [1.54, 1.807) is 6.07 Å². The molecule has 1 N–H and O–H groups in total. The number of nitrogens with one attached hydrogen (secondary N) is 1. The Morgan fingerprint density at radius 1 is 1.10 bits per heavy atom. The summed E-state index contributed by atoms with van der Waals surface area (Å²) in [5, 5.41) is 3.38. The van der Waals surface area contributed by atoms with E-state index in [-0.39, 0.29) is 11.4 Å². The minimum absolute atomic E-state index is 0.0472. The second kappa shape index (κ2) is 7.63. The van der Waals surface area contributed by atoms with Crippen LogP contribution in [-0.2, 0) is 6.54 Å². The van der Waals surface area contributed by atoms with E-state index in [4.69, 9.17) is 0 Å². The van der Waals surface area contributed by atoms with Gasteiger partial charge >= 0.3 is 0 Å². The first-order chi connectivity index (χ1) is 9.37. The number of halogens is 1. The molecule has 20 heavy (non-hydrogen) atoms. The van der Waals surface area contributed by atoms with Crippen LogP contribution in [0.1, 0.15) is 53.0 Å². The molecule has 0 spiro atoms. The molecule has 0 aliphatic carbocycles. The summed E-state index contributed by atoms with van der Waals surface area (Å²) in [5.74, 6) is -0.111. The maximum Gasteiger partial charge on any atom is 0.146 e. The Bertz CT molecular complexity index is 404. The SMILES string of the molecule is CCCN(CCC)c1ccc(CNC(C)(C)C)cc1F. The zero-order valence-electron chi connectivity index (χ0n) is 13.6. The molecule has 0 saturated heterocycles. The van der Waals surface area contributed by atoms with Crippen LogP contribution in [0, 0.1) is 5.82 Å². The van der Waals surface area contributed by atoms with E-state index >= 15 is 0 Å². The van der Waals surface area contributed by atoms with E-state index in [0.29, 0.717) is 6.54 Å². The van der Waals surface area contributed by atoms with Crippen LogP contribution in [0.4, 0.5) is 10.1 Å². The Kier molecular flexibility index (Phi) is 6.47. The second-order valence-corrected chi connectivity index (χ2v) is 6.38. The Morgan fingerprint density at radius 2 is 1.70 bits per heavy atom. The topological polar surface area (TPSA) is 15.3 Å².